The number of hydrogen-bond acceptors (Lipinski definition) is 9. The minimum Gasteiger partial charge on any atom is -0.394 e. The highest BCUT2D eigenvalue weighted by Crippen LogP contribution is 2.33. The van der Waals surface area contributed by atoms with E-state index in [0.29, 0.717) is 3.57 Å². The molecule has 146 valence electrons. The summed E-state index contributed by atoms with van der Waals surface area (Å²) in [5.74, 6) is 0. The largest absolute Gasteiger partial charge is 0.394 e. The van der Waals surface area contributed by atoms with Gasteiger partial charge in [0.2, 0.25) is 0 Å². The van der Waals surface area contributed by atoms with Gasteiger partial charge >= 0.3 is 5.69 Å². The predicted molar refractivity (Wildman–Crippen MR) is 92.3 cm³/mol. The second kappa shape index (κ2) is 8.02. The Labute approximate surface area is 160 Å². The summed E-state index contributed by atoms with van der Waals surface area (Å²) in [6, 6.07) is 0. The lowest BCUT2D eigenvalue weighted by Gasteiger charge is -2.22. The zero-order chi connectivity index (χ0) is 19.0. The van der Waals surface area contributed by atoms with Crippen molar-refractivity contribution >= 4 is 22.6 Å². The first-order chi connectivity index (χ1) is 12.3. The molecule has 3 rings (SSSR count). The van der Waals surface area contributed by atoms with Gasteiger partial charge < -0.3 is 34.6 Å². The number of nitrogens with one attached hydrogen (secondary N) is 1. The van der Waals surface area contributed by atoms with E-state index in [1.807, 2.05) is 0 Å². The standard InChI is InChI=1S/C14H19IN2O9/c15-5-2-17(14(23)16-12(5)22)9-1-6(7(3-18)24-9)25-13-11(21)10(20)8(4-19)26-13/h2,6-11,13,18-21H,1,3-4H2,(H,16,22,23)/t6-,7+,8+,9+,10+,11+,13+/m0/s1. The Hall–Kier alpha value is -0.870. The van der Waals surface area contributed by atoms with Gasteiger partial charge in [-0.1, -0.05) is 0 Å². The first-order valence-corrected chi connectivity index (χ1v) is 8.98. The number of nitrogens with zero attached hydrogens (tertiary/aromatic N) is 1. The monoisotopic (exact) mass is 486 g/mol. The highest BCUT2D eigenvalue weighted by molar-refractivity contribution is 14.1. The second-order valence-electron chi connectivity index (χ2n) is 6.07. The number of aliphatic hydroxyl groups is 4. The van der Waals surface area contributed by atoms with Crippen LogP contribution in [0.5, 0.6) is 0 Å². The van der Waals surface area contributed by atoms with Gasteiger partial charge in [0, 0.05) is 12.6 Å². The van der Waals surface area contributed by atoms with Crippen LogP contribution >= 0.6 is 22.6 Å². The van der Waals surface area contributed by atoms with Crippen molar-refractivity contribution in [2.45, 2.75) is 49.5 Å². The molecule has 1 aromatic heterocycles. The fourth-order valence-electron chi connectivity index (χ4n) is 3.00. The van der Waals surface area contributed by atoms with Gasteiger partial charge in [0.1, 0.15) is 30.6 Å². The molecule has 0 saturated carbocycles. The number of hydrogen-bond donors (Lipinski definition) is 5. The molecule has 2 aliphatic heterocycles. The molecule has 0 bridgehead atoms. The van der Waals surface area contributed by atoms with Crippen LogP contribution in [-0.4, -0.2) is 80.0 Å². The van der Waals surface area contributed by atoms with Crippen molar-refractivity contribution < 1.29 is 34.6 Å². The maximum Gasteiger partial charge on any atom is 0.330 e. The predicted octanol–water partition coefficient (Wildman–Crippen LogP) is -2.75. The van der Waals surface area contributed by atoms with Crippen LogP contribution in [0.3, 0.4) is 0 Å². The average Bonchev–Trinajstić information content (AvgIpc) is 3.14. The van der Waals surface area contributed by atoms with E-state index in [4.69, 9.17) is 19.3 Å². The number of ether oxygens (including phenoxy) is 3. The molecule has 26 heavy (non-hydrogen) atoms. The van der Waals surface area contributed by atoms with Crippen molar-refractivity contribution in [1.82, 2.24) is 9.55 Å². The van der Waals surface area contributed by atoms with Gasteiger partial charge in [-0.15, -0.1) is 0 Å². The molecule has 0 amide bonds. The molecule has 7 atom stereocenters. The van der Waals surface area contributed by atoms with E-state index < -0.39 is 67.5 Å². The van der Waals surface area contributed by atoms with Crippen molar-refractivity contribution in [3.8, 4) is 0 Å². The summed E-state index contributed by atoms with van der Waals surface area (Å²) >= 11 is 1.78. The lowest BCUT2D eigenvalue weighted by Crippen LogP contribution is -2.38. The molecular weight excluding hydrogens is 467 g/mol. The summed E-state index contributed by atoms with van der Waals surface area (Å²) in [7, 11) is 0. The molecule has 5 N–H and O–H groups in total. The normalized spacial score (nSPS) is 37.3. The first-order valence-electron chi connectivity index (χ1n) is 7.91. The highest BCUT2D eigenvalue weighted by atomic mass is 127. The third-order valence-electron chi connectivity index (χ3n) is 4.40. The van der Waals surface area contributed by atoms with Gasteiger partial charge in [-0.05, 0) is 22.6 Å². The molecule has 12 heteroatoms. The molecule has 2 fully saturated rings. The Morgan fingerprint density at radius 2 is 1.88 bits per heavy atom. The Bertz CT molecular complexity index is 753. The SMILES string of the molecule is O=c1[nH]c(=O)n([C@H]2C[C@H](O[C@@H]3O[C@H](CO)[C@@H](O)[C@H]3O)[C@@H](CO)O2)cc1I. The minimum absolute atomic E-state index is 0.139. The van der Waals surface area contributed by atoms with Gasteiger partial charge in [0.15, 0.2) is 6.29 Å². The molecule has 3 heterocycles. The van der Waals surface area contributed by atoms with Crippen LogP contribution < -0.4 is 11.2 Å². The number of aliphatic hydroxyl groups excluding tert-OH is 4. The Kier molecular flexibility index (Phi) is 6.13. The molecule has 11 nitrogen and oxygen atoms in total. The topological polar surface area (TPSA) is 163 Å². The van der Waals surface area contributed by atoms with Crippen molar-refractivity contribution in [1.29, 1.82) is 0 Å². The summed E-state index contributed by atoms with van der Waals surface area (Å²) in [6.45, 7) is -0.901. The maximum absolute atomic E-state index is 12.0. The minimum atomic E-state index is -1.37. The fraction of sp³-hybridized carbons (Fsp3) is 0.714. The zero-order valence-corrected chi connectivity index (χ0v) is 15.6. The van der Waals surface area contributed by atoms with Crippen LogP contribution in [0.25, 0.3) is 0 Å². The van der Waals surface area contributed by atoms with Crippen LogP contribution in [0.4, 0.5) is 0 Å². The molecule has 0 unspecified atom stereocenters. The van der Waals surface area contributed by atoms with Crippen LogP contribution in [0.2, 0.25) is 0 Å². The summed E-state index contributed by atoms with van der Waals surface area (Å²) in [6.07, 6.45) is -5.74. The Morgan fingerprint density at radius 3 is 2.50 bits per heavy atom. The molecule has 1 aromatic rings. The van der Waals surface area contributed by atoms with Crippen LogP contribution in [0.15, 0.2) is 15.8 Å². The lowest BCUT2D eigenvalue weighted by atomic mass is 10.1. The number of rotatable bonds is 5. The smallest absolute Gasteiger partial charge is 0.330 e. The van der Waals surface area contributed by atoms with Crippen molar-refractivity contribution in [3.05, 3.63) is 30.6 Å². The van der Waals surface area contributed by atoms with Gasteiger partial charge in [0.05, 0.1) is 22.9 Å². The van der Waals surface area contributed by atoms with E-state index in [0.717, 1.165) is 0 Å². The number of aromatic amines is 1. The summed E-state index contributed by atoms with van der Waals surface area (Å²) in [4.78, 5) is 25.6. The van der Waals surface area contributed by atoms with Gasteiger partial charge in [-0.25, -0.2) is 4.79 Å². The summed E-state index contributed by atoms with van der Waals surface area (Å²) in [5, 5.41) is 38.4. The van der Waals surface area contributed by atoms with Crippen molar-refractivity contribution in [3.63, 3.8) is 0 Å². The van der Waals surface area contributed by atoms with Gasteiger partial charge in [-0.2, -0.15) is 0 Å². The molecule has 0 spiro atoms. The third kappa shape index (κ3) is 3.73. The van der Waals surface area contributed by atoms with Gasteiger partial charge in [0.25, 0.3) is 5.56 Å². The first kappa shape index (κ1) is 19.9. The van der Waals surface area contributed by atoms with Crippen molar-refractivity contribution in [2.24, 2.45) is 0 Å². The maximum atomic E-state index is 12.0. The Morgan fingerprint density at radius 1 is 1.19 bits per heavy atom. The zero-order valence-electron chi connectivity index (χ0n) is 13.4. The molecular formula is C14H19IN2O9. The highest BCUT2D eigenvalue weighted by Gasteiger charge is 2.47. The Balaban J connectivity index is 1.75. The quantitative estimate of drug-likeness (QED) is 0.278. The second-order valence-corrected chi connectivity index (χ2v) is 7.23. The van der Waals surface area contributed by atoms with Gasteiger partial charge in [-0.3, -0.25) is 14.3 Å². The molecule has 0 aromatic carbocycles. The van der Waals surface area contributed by atoms with E-state index >= 15 is 0 Å². The van der Waals surface area contributed by atoms with Crippen LogP contribution in [0, 0.1) is 3.57 Å². The van der Waals surface area contributed by atoms with E-state index in [9.17, 15) is 24.9 Å². The van der Waals surface area contributed by atoms with E-state index in [1.165, 1.54) is 10.8 Å². The average molecular weight is 486 g/mol. The lowest BCUT2D eigenvalue weighted by molar-refractivity contribution is -0.204. The molecule has 2 saturated heterocycles. The molecule has 0 radical (unpaired) electrons. The molecule has 0 aliphatic carbocycles. The van der Waals surface area contributed by atoms with Crippen LogP contribution in [0.1, 0.15) is 12.6 Å². The molecule has 2 aliphatic rings. The van der Waals surface area contributed by atoms with Crippen molar-refractivity contribution in [2.75, 3.05) is 13.2 Å². The number of halogens is 1. The number of aromatic nitrogens is 2. The summed E-state index contributed by atoms with van der Waals surface area (Å²) in [5.41, 5.74) is -1.17. The fourth-order valence-corrected chi connectivity index (χ4v) is 3.44. The van der Waals surface area contributed by atoms with Crippen LogP contribution in [-0.2, 0) is 14.2 Å². The van der Waals surface area contributed by atoms with E-state index in [-0.39, 0.29) is 6.42 Å². The summed E-state index contributed by atoms with van der Waals surface area (Å²) < 4.78 is 18.0. The third-order valence-corrected chi connectivity index (χ3v) is 5.17. The number of H-pyrrole nitrogens is 1. The van der Waals surface area contributed by atoms with E-state index in [1.54, 1.807) is 22.6 Å². The van der Waals surface area contributed by atoms with E-state index in [2.05, 4.69) is 4.98 Å².